The summed E-state index contributed by atoms with van der Waals surface area (Å²) in [5, 5.41) is 2.86. The van der Waals surface area contributed by atoms with E-state index in [1.807, 2.05) is 0 Å². The summed E-state index contributed by atoms with van der Waals surface area (Å²) in [6, 6.07) is 0. The van der Waals surface area contributed by atoms with Crippen molar-refractivity contribution in [2.45, 2.75) is 20.3 Å². The number of nitrogens with one attached hydrogen (secondary N) is 1. The van der Waals surface area contributed by atoms with Crippen molar-refractivity contribution < 1.29 is 4.79 Å². The summed E-state index contributed by atoms with van der Waals surface area (Å²) in [7, 11) is 0. The first-order valence-corrected chi connectivity index (χ1v) is 4.81. The number of allylic oxidation sites excluding steroid dienone is 1. The molecule has 1 fully saturated rings. The highest BCUT2D eigenvalue weighted by Crippen LogP contribution is 1.98. The molecule has 3 heteroatoms. The summed E-state index contributed by atoms with van der Waals surface area (Å²) in [6.07, 6.45) is 3.22. The van der Waals surface area contributed by atoms with Crippen molar-refractivity contribution in [2.75, 3.05) is 26.2 Å². The zero-order chi connectivity index (χ0) is 9.68. The van der Waals surface area contributed by atoms with E-state index >= 15 is 0 Å². The predicted octanol–water partition coefficient (Wildman–Crippen LogP) is 0.774. The molecule has 1 aliphatic heterocycles. The van der Waals surface area contributed by atoms with Gasteiger partial charge in [0.2, 0.25) is 5.91 Å². The Hall–Kier alpha value is -0.830. The topological polar surface area (TPSA) is 32.3 Å². The van der Waals surface area contributed by atoms with E-state index < -0.39 is 0 Å². The van der Waals surface area contributed by atoms with Crippen LogP contribution >= 0.6 is 0 Å². The van der Waals surface area contributed by atoms with Gasteiger partial charge in [-0.25, -0.2) is 0 Å². The van der Waals surface area contributed by atoms with Crippen molar-refractivity contribution in [3.63, 3.8) is 0 Å². The van der Waals surface area contributed by atoms with Crippen molar-refractivity contribution in [1.29, 1.82) is 0 Å². The fourth-order valence-electron chi connectivity index (χ4n) is 1.34. The van der Waals surface area contributed by atoms with Crippen molar-refractivity contribution in [2.24, 2.45) is 0 Å². The maximum absolute atomic E-state index is 11.2. The lowest BCUT2D eigenvalue weighted by Gasteiger charge is -2.15. The van der Waals surface area contributed by atoms with Crippen molar-refractivity contribution in [1.82, 2.24) is 10.2 Å². The molecular formula is C10H18N2O. The first-order valence-electron chi connectivity index (χ1n) is 4.81. The molecule has 0 spiro atoms. The summed E-state index contributed by atoms with van der Waals surface area (Å²) < 4.78 is 0. The van der Waals surface area contributed by atoms with Crippen LogP contribution in [-0.2, 0) is 4.79 Å². The third-order valence-electron chi connectivity index (χ3n) is 2.10. The lowest BCUT2D eigenvalue weighted by atomic mass is 10.3. The van der Waals surface area contributed by atoms with Crippen LogP contribution in [0.4, 0.5) is 0 Å². The van der Waals surface area contributed by atoms with Crippen LogP contribution in [0.3, 0.4) is 0 Å². The molecule has 0 saturated carbocycles. The molecule has 13 heavy (non-hydrogen) atoms. The minimum absolute atomic E-state index is 0.152. The van der Waals surface area contributed by atoms with Crippen LogP contribution in [0.25, 0.3) is 0 Å². The van der Waals surface area contributed by atoms with Gasteiger partial charge in [-0.2, -0.15) is 0 Å². The number of carbonyl (C=O) groups excluding carboxylic acids is 1. The molecule has 0 bridgehead atoms. The Morgan fingerprint density at radius 3 is 3.08 bits per heavy atom. The molecule has 0 unspecified atom stereocenters. The molecule has 0 aromatic carbocycles. The van der Waals surface area contributed by atoms with Crippen LogP contribution in [0.15, 0.2) is 11.6 Å². The van der Waals surface area contributed by atoms with Gasteiger partial charge < -0.3 is 5.32 Å². The summed E-state index contributed by atoms with van der Waals surface area (Å²) in [6.45, 7) is 7.45. The van der Waals surface area contributed by atoms with E-state index in [4.69, 9.17) is 0 Å². The average Bonchev–Trinajstić information content (AvgIpc) is 2.26. The number of nitrogens with zero attached hydrogens (tertiary/aromatic N) is 1. The van der Waals surface area contributed by atoms with E-state index in [9.17, 15) is 4.79 Å². The Labute approximate surface area is 79.8 Å². The Morgan fingerprint density at radius 1 is 1.62 bits per heavy atom. The number of rotatable bonds is 2. The van der Waals surface area contributed by atoms with Gasteiger partial charge >= 0.3 is 0 Å². The zero-order valence-corrected chi connectivity index (χ0v) is 8.47. The van der Waals surface area contributed by atoms with Gasteiger partial charge in [0.1, 0.15) is 0 Å². The fraction of sp³-hybridized carbons (Fsp3) is 0.700. The smallest absolute Gasteiger partial charge is 0.234 e. The van der Waals surface area contributed by atoms with E-state index in [2.05, 4.69) is 30.1 Å². The molecular weight excluding hydrogens is 164 g/mol. The van der Waals surface area contributed by atoms with Crippen LogP contribution in [-0.4, -0.2) is 37.0 Å². The Kier molecular flexibility index (Phi) is 3.96. The van der Waals surface area contributed by atoms with Gasteiger partial charge in [-0.15, -0.1) is 0 Å². The monoisotopic (exact) mass is 182 g/mol. The number of hydrogen-bond donors (Lipinski definition) is 1. The molecule has 0 atom stereocenters. The van der Waals surface area contributed by atoms with Crippen LogP contribution in [0.5, 0.6) is 0 Å². The van der Waals surface area contributed by atoms with Crippen molar-refractivity contribution in [3.05, 3.63) is 11.6 Å². The van der Waals surface area contributed by atoms with Crippen LogP contribution in [0.1, 0.15) is 20.3 Å². The summed E-state index contributed by atoms with van der Waals surface area (Å²) in [5.41, 5.74) is 1.31. The third kappa shape index (κ3) is 4.08. The van der Waals surface area contributed by atoms with Crippen LogP contribution < -0.4 is 5.32 Å². The normalized spacial score (nSPS) is 19.1. The average molecular weight is 182 g/mol. The molecule has 0 radical (unpaired) electrons. The maximum atomic E-state index is 11.2. The Balaban J connectivity index is 2.39. The van der Waals surface area contributed by atoms with E-state index in [0.29, 0.717) is 6.54 Å². The molecule has 0 aromatic heterocycles. The third-order valence-corrected chi connectivity index (χ3v) is 2.10. The summed E-state index contributed by atoms with van der Waals surface area (Å²) in [5.74, 6) is 0.152. The minimum Gasteiger partial charge on any atom is -0.355 e. The SMILES string of the molecule is CC(C)=CCN1CCCNC(=O)C1. The zero-order valence-electron chi connectivity index (χ0n) is 8.47. The molecule has 74 valence electrons. The van der Waals surface area contributed by atoms with E-state index in [1.54, 1.807) is 0 Å². The van der Waals surface area contributed by atoms with Gasteiger partial charge in [0.05, 0.1) is 6.54 Å². The van der Waals surface area contributed by atoms with E-state index in [-0.39, 0.29) is 5.91 Å². The first kappa shape index (κ1) is 10.3. The standard InChI is InChI=1S/C10H18N2O/c1-9(2)4-7-12-6-3-5-11-10(13)8-12/h4H,3,5-8H2,1-2H3,(H,11,13). The second-order valence-corrected chi connectivity index (χ2v) is 3.72. The van der Waals surface area contributed by atoms with Crippen LogP contribution in [0.2, 0.25) is 0 Å². The lowest BCUT2D eigenvalue weighted by Crippen LogP contribution is -2.33. The first-order chi connectivity index (χ1) is 6.18. The molecule has 1 heterocycles. The molecule has 1 rings (SSSR count). The highest BCUT2D eigenvalue weighted by molar-refractivity contribution is 5.78. The number of carbonyl (C=O) groups is 1. The number of amides is 1. The second kappa shape index (κ2) is 5.02. The molecule has 1 N–H and O–H groups in total. The highest BCUT2D eigenvalue weighted by Gasteiger charge is 2.12. The summed E-state index contributed by atoms with van der Waals surface area (Å²) in [4.78, 5) is 13.3. The Morgan fingerprint density at radius 2 is 2.38 bits per heavy atom. The predicted molar refractivity (Wildman–Crippen MR) is 53.5 cm³/mol. The minimum atomic E-state index is 0.152. The quantitative estimate of drug-likeness (QED) is 0.640. The van der Waals surface area contributed by atoms with Gasteiger partial charge in [-0.05, 0) is 20.3 Å². The summed E-state index contributed by atoms with van der Waals surface area (Å²) >= 11 is 0. The van der Waals surface area contributed by atoms with Gasteiger partial charge in [0, 0.05) is 19.6 Å². The molecule has 1 aliphatic rings. The van der Waals surface area contributed by atoms with Crippen molar-refractivity contribution in [3.8, 4) is 0 Å². The second-order valence-electron chi connectivity index (χ2n) is 3.72. The maximum Gasteiger partial charge on any atom is 0.234 e. The van der Waals surface area contributed by atoms with Gasteiger partial charge in [0.15, 0.2) is 0 Å². The van der Waals surface area contributed by atoms with Crippen LogP contribution in [0, 0.1) is 0 Å². The van der Waals surface area contributed by atoms with Gasteiger partial charge in [-0.3, -0.25) is 9.69 Å². The fourth-order valence-corrected chi connectivity index (χ4v) is 1.34. The molecule has 3 nitrogen and oxygen atoms in total. The van der Waals surface area contributed by atoms with Crippen molar-refractivity contribution >= 4 is 5.91 Å². The molecule has 1 saturated heterocycles. The molecule has 0 aliphatic carbocycles. The lowest BCUT2D eigenvalue weighted by molar-refractivity contribution is -0.121. The molecule has 1 amide bonds. The Bertz CT molecular complexity index is 207. The highest BCUT2D eigenvalue weighted by atomic mass is 16.2. The largest absolute Gasteiger partial charge is 0.355 e. The van der Waals surface area contributed by atoms with E-state index in [0.717, 1.165) is 26.1 Å². The van der Waals surface area contributed by atoms with Gasteiger partial charge in [0.25, 0.3) is 0 Å². The number of hydrogen-bond acceptors (Lipinski definition) is 2. The van der Waals surface area contributed by atoms with Gasteiger partial charge in [-0.1, -0.05) is 11.6 Å². The van der Waals surface area contributed by atoms with E-state index in [1.165, 1.54) is 5.57 Å². The molecule has 0 aromatic rings.